The molecule has 7 nitrogen and oxygen atoms in total. The van der Waals surface area contributed by atoms with Crippen LogP contribution in [-0.4, -0.2) is 41.9 Å². The van der Waals surface area contributed by atoms with Crippen LogP contribution in [0.2, 0.25) is 0 Å². The van der Waals surface area contributed by atoms with Gasteiger partial charge in [0.25, 0.3) is 0 Å². The Kier molecular flexibility index (Phi) is 5.63. The van der Waals surface area contributed by atoms with Crippen molar-refractivity contribution in [2.75, 3.05) is 13.2 Å². The van der Waals surface area contributed by atoms with Gasteiger partial charge in [-0.05, 0) is 32.8 Å². The highest BCUT2D eigenvalue weighted by molar-refractivity contribution is 6.43. The average Bonchev–Trinajstić information content (AvgIpc) is 2.75. The van der Waals surface area contributed by atoms with Crippen LogP contribution in [0.3, 0.4) is 0 Å². The molecular formula is C14H19NO6. The summed E-state index contributed by atoms with van der Waals surface area (Å²) in [5, 5.41) is 9.26. The van der Waals surface area contributed by atoms with Gasteiger partial charge in [-0.15, -0.1) is 0 Å². The van der Waals surface area contributed by atoms with Crippen molar-refractivity contribution < 1.29 is 29.0 Å². The van der Waals surface area contributed by atoms with Gasteiger partial charge < -0.3 is 14.6 Å². The molecule has 0 fully saturated rings. The maximum Gasteiger partial charge on any atom is 0.351 e. The van der Waals surface area contributed by atoms with Crippen LogP contribution in [0.5, 0.6) is 0 Å². The fraction of sp³-hybridized carbons (Fsp3) is 0.571. The Balaban J connectivity index is 3.09. The summed E-state index contributed by atoms with van der Waals surface area (Å²) in [5.41, 5.74) is -1.39. The lowest BCUT2D eigenvalue weighted by molar-refractivity contribution is -0.151. The number of hydrogen-bond donors (Lipinski definition) is 1. The third-order valence-electron chi connectivity index (χ3n) is 3.30. The third kappa shape index (κ3) is 3.29. The third-order valence-corrected chi connectivity index (χ3v) is 3.30. The minimum absolute atomic E-state index is 0.0435. The highest BCUT2D eigenvalue weighted by Crippen LogP contribution is 2.40. The van der Waals surface area contributed by atoms with E-state index in [-0.39, 0.29) is 31.8 Å². The Morgan fingerprint density at radius 2 is 1.86 bits per heavy atom. The predicted octanol–water partition coefficient (Wildman–Crippen LogP) is 1.32. The Morgan fingerprint density at radius 3 is 2.38 bits per heavy atom. The average molecular weight is 297 g/mol. The molecule has 0 aromatic heterocycles. The molecule has 1 heterocycles. The van der Waals surface area contributed by atoms with E-state index in [0.717, 1.165) is 0 Å². The van der Waals surface area contributed by atoms with Crippen LogP contribution >= 0.6 is 0 Å². The second-order valence-electron chi connectivity index (χ2n) is 4.53. The van der Waals surface area contributed by atoms with Crippen molar-refractivity contribution in [1.82, 2.24) is 0 Å². The highest BCUT2D eigenvalue weighted by Gasteiger charge is 2.51. The first-order chi connectivity index (χ1) is 9.90. The molecule has 1 aliphatic rings. The molecule has 0 aromatic rings. The first kappa shape index (κ1) is 16.9. The summed E-state index contributed by atoms with van der Waals surface area (Å²) in [6.07, 6.45) is 1.19. The Bertz CT molecular complexity index is 508. The minimum Gasteiger partial charge on any atom is -0.477 e. The molecule has 1 unspecified atom stereocenters. The lowest BCUT2D eigenvalue weighted by Gasteiger charge is -2.28. The Hall–Kier alpha value is -2.18. The molecule has 1 atom stereocenters. The van der Waals surface area contributed by atoms with Crippen LogP contribution in [0, 0.1) is 5.41 Å². The number of carboxylic acid groups (broad SMARTS) is 1. The molecule has 116 valence electrons. The molecule has 0 radical (unpaired) electrons. The molecule has 0 aliphatic carbocycles. The topological polar surface area (TPSA) is 102 Å². The van der Waals surface area contributed by atoms with Gasteiger partial charge in [0, 0.05) is 12.6 Å². The Morgan fingerprint density at radius 1 is 1.24 bits per heavy atom. The molecule has 21 heavy (non-hydrogen) atoms. The second-order valence-corrected chi connectivity index (χ2v) is 4.53. The molecule has 0 saturated heterocycles. The first-order valence-corrected chi connectivity index (χ1v) is 6.71. The highest BCUT2D eigenvalue weighted by atomic mass is 16.5. The van der Waals surface area contributed by atoms with Gasteiger partial charge in [-0.1, -0.05) is 0 Å². The van der Waals surface area contributed by atoms with Gasteiger partial charge in [0.05, 0.1) is 13.2 Å². The van der Waals surface area contributed by atoms with Crippen LogP contribution in [0.15, 0.2) is 16.8 Å². The summed E-state index contributed by atoms with van der Waals surface area (Å²) in [6, 6.07) is 0. The number of hydrogen-bond acceptors (Lipinski definition) is 6. The van der Waals surface area contributed by atoms with Gasteiger partial charge in [0.15, 0.2) is 0 Å². The number of rotatable bonds is 7. The van der Waals surface area contributed by atoms with Crippen LogP contribution in [0.25, 0.3) is 0 Å². The SMILES string of the molecule is CCOC(=O)CCC1(C(=O)OCC)C(C)=CN=C1C(=O)O. The number of carboxylic acids is 1. The van der Waals surface area contributed by atoms with E-state index < -0.39 is 23.3 Å². The quantitative estimate of drug-likeness (QED) is 0.711. The van der Waals surface area contributed by atoms with Gasteiger partial charge in [-0.2, -0.15) is 0 Å². The summed E-state index contributed by atoms with van der Waals surface area (Å²) >= 11 is 0. The number of carbonyl (C=O) groups excluding carboxylic acids is 2. The lowest BCUT2D eigenvalue weighted by Crippen LogP contribution is -2.44. The molecule has 1 aliphatic heterocycles. The summed E-state index contributed by atoms with van der Waals surface area (Å²) in [4.78, 5) is 39.0. The zero-order valence-electron chi connectivity index (χ0n) is 12.3. The molecule has 0 saturated carbocycles. The van der Waals surface area contributed by atoms with Crippen molar-refractivity contribution in [2.24, 2.45) is 10.4 Å². The zero-order valence-corrected chi connectivity index (χ0v) is 12.3. The standard InChI is InChI=1S/C14H19NO6/c1-4-20-10(16)6-7-14(13(19)21-5-2)9(3)8-15-11(14)12(17)18/h8H,4-7H2,1-3H3,(H,17,18). The summed E-state index contributed by atoms with van der Waals surface area (Å²) in [7, 11) is 0. The van der Waals surface area contributed by atoms with E-state index >= 15 is 0 Å². The van der Waals surface area contributed by atoms with Crippen LogP contribution in [-0.2, 0) is 23.9 Å². The van der Waals surface area contributed by atoms with Crippen LogP contribution in [0.4, 0.5) is 0 Å². The van der Waals surface area contributed by atoms with E-state index in [9.17, 15) is 19.5 Å². The number of esters is 2. The van der Waals surface area contributed by atoms with Crippen molar-refractivity contribution in [3.63, 3.8) is 0 Å². The number of aliphatic carboxylic acids is 1. The predicted molar refractivity (Wildman–Crippen MR) is 73.8 cm³/mol. The van der Waals surface area contributed by atoms with E-state index in [1.807, 2.05) is 0 Å². The maximum atomic E-state index is 12.3. The summed E-state index contributed by atoms with van der Waals surface area (Å²) in [6.45, 7) is 5.23. The van der Waals surface area contributed by atoms with Crippen molar-refractivity contribution in [3.8, 4) is 0 Å². The fourth-order valence-electron chi connectivity index (χ4n) is 2.26. The Labute approximate surface area is 122 Å². The van der Waals surface area contributed by atoms with Crippen molar-refractivity contribution in [3.05, 3.63) is 11.8 Å². The second kappa shape index (κ2) is 7.01. The fourth-order valence-corrected chi connectivity index (χ4v) is 2.26. The van der Waals surface area contributed by atoms with Crippen molar-refractivity contribution >= 4 is 23.6 Å². The largest absolute Gasteiger partial charge is 0.477 e. The van der Waals surface area contributed by atoms with Gasteiger partial charge in [0.1, 0.15) is 11.1 Å². The maximum absolute atomic E-state index is 12.3. The smallest absolute Gasteiger partial charge is 0.351 e. The van der Waals surface area contributed by atoms with Crippen molar-refractivity contribution in [1.29, 1.82) is 0 Å². The van der Waals surface area contributed by atoms with Gasteiger partial charge >= 0.3 is 17.9 Å². The molecule has 0 spiro atoms. The number of carbonyl (C=O) groups is 3. The summed E-state index contributed by atoms with van der Waals surface area (Å²) < 4.78 is 9.82. The molecule has 7 heteroatoms. The molecule has 1 rings (SSSR count). The number of ether oxygens (including phenoxy) is 2. The normalized spacial score (nSPS) is 20.5. The summed E-state index contributed by atoms with van der Waals surface area (Å²) in [5.74, 6) is -2.51. The van der Waals surface area contributed by atoms with E-state index in [1.165, 1.54) is 6.20 Å². The van der Waals surface area contributed by atoms with E-state index in [0.29, 0.717) is 5.57 Å². The number of nitrogens with zero attached hydrogens (tertiary/aromatic N) is 1. The molecular weight excluding hydrogens is 278 g/mol. The van der Waals surface area contributed by atoms with E-state index in [1.54, 1.807) is 20.8 Å². The molecule has 1 N–H and O–H groups in total. The lowest BCUT2D eigenvalue weighted by atomic mass is 9.74. The molecule has 0 bridgehead atoms. The molecule has 0 aromatic carbocycles. The van der Waals surface area contributed by atoms with Crippen molar-refractivity contribution in [2.45, 2.75) is 33.6 Å². The zero-order chi connectivity index (χ0) is 16.0. The number of aliphatic imine (C=N–C) groups is 1. The van der Waals surface area contributed by atoms with Gasteiger partial charge in [-0.25, -0.2) is 4.79 Å². The van der Waals surface area contributed by atoms with E-state index in [4.69, 9.17) is 9.47 Å². The van der Waals surface area contributed by atoms with Gasteiger partial charge in [-0.3, -0.25) is 14.6 Å². The van der Waals surface area contributed by atoms with Gasteiger partial charge in [0.2, 0.25) is 0 Å². The monoisotopic (exact) mass is 297 g/mol. The first-order valence-electron chi connectivity index (χ1n) is 6.71. The molecule has 0 amide bonds. The van der Waals surface area contributed by atoms with Crippen LogP contribution < -0.4 is 0 Å². The minimum atomic E-state index is -1.52. The van der Waals surface area contributed by atoms with E-state index in [2.05, 4.69) is 4.99 Å². The van der Waals surface area contributed by atoms with Crippen LogP contribution in [0.1, 0.15) is 33.6 Å².